The van der Waals surface area contributed by atoms with Crippen molar-refractivity contribution in [2.24, 2.45) is 14.1 Å². The second-order valence-corrected chi connectivity index (χ2v) is 16.3. The Balaban J connectivity index is 0.000000236. The van der Waals surface area contributed by atoms with Crippen LogP contribution >= 0.6 is 0 Å². The minimum Gasteiger partial charge on any atom is -0.355 e. The lowest BCUT2D eigenvalue weighted by Gasteiger charge is -2.11. The standard InChI is InChI=1S/C30H27N5O.2C7H8O3S/c1-21-5-4-6-27-28(17-20-35(3)29(21)27)32-24-9-7-22(8-10-24)30(36)33-25-13-11-23(12-14-25)31-26-15-18-34(2)19-16-26;2*1-6-2-4-7(5-3-6)11(8,9)10/h4-20H,1-3H3,(H,33,36);2*2-5H,1H3,(H,8,9,10)/p+2. The van der Waals surface area contributed by atoms with Crippen LogP contribution in [-0.4, -0.2) is 31.8 Å². The van der Waals surface area contributed by atoms with Crippen LogP contribution in [0.25, 0.3) is 10.9 Å². The van der Waals surface area contributed by atoms with Crippen molar-refractivity contribution in [2.75, 3.05) is 16.0 Å². The molecular formula is C44H45N5O7S2+2. The number of hydrogen-bond acceptors (Lipinski definition) is 7. The van der Waals surface area contributed by atoms with Crippen molar-refractivity contribution in [3.8, 4) is 0 Å². The van der Waals surface area contributed by atoms with Gasteiger partial charge in [0, 0.05) is 46.4 Å². The van der Waals surface area contributed by atoms with Crippen molar-refractivity contribution in [3.05, 3.63) is 174 Å². The molecule has 0 bridgehead atoms. The SMILES string of the molecule is Cc1ccc(S(=O)(=O)O)cc1.Cc1ccc(S(=O)(=O)O)cc1.Cc1cccc2c(Nc3ccc(C(=O)Nc4ccc(Nc5cc[n+](C)cc5)cc4)cc3)cc[n+](C)c12. The summed E-state index contributed by atoms with van der Waals surface area (Å²) in [6, 6.07) is 39.6. The van der Waals surface area contributed by atoms with Crippen LogP contribution in [0.2, 0.25) is 0 Å². The number of para-hydroxylation sites is 1. The molecule has 5 aromatic carbocycles. The average molecular weight is 820 g/mol. The molecule has 0 aliphatic rings. The van der Waals surface area contributed by atoms with Gasteiger partial charge in [0.25, 0.3) is 26.1 Å². The Morgan fingerprint density at radius 1 is 0.534 bits per heavy atom. The van der Waals surface area contributed by atoms with Gasteiger partial charge < -0.3 is 16.0 Å². The molecule has 0 aliphatic heterocycles. The van der Waals surface area contributed by atoms with E-state index in [1.54, 1.807) is 24.3 Å². The number of carbonyl (C=O) groups is 1. The topological polar surface area (TPSA) is 170 Å². The quantitative estimate of drug-likeness (QED) is 0.0753. The molecule has 0 fully saturated rings. The third-order valence-electron chi connectivity index (χ3n) is 8.82. The van der Waals surface area contributed by atoms with Crippen molar-refractivity contribution in [2.45, 2.75) is 30.6 Å². The van der Waals surface area contributed by atoms with Crippen LogP contribution in [-0.2, 0) is 34.3 Å². The van der Waals surface area contributed by atoms with Crippen molar-refractivity contribution in [1.29, 1.82) is 0 Å². The maximum Gasteiger partial charge on any atom is 0.294 e. The van der Waals surface area contributed by atoms with Crippen LogP contribution in [0.15, 0.2) is 162 Å². The fourth-order valence-corrected chi connectivity index (χ4v) is 6.64. The lowest BCUT2D eigenvalue weighted by atomic mass is 10.1. The molecule has 0 saturated heterocycles. The number of carbonyl (C=O) groups excluding carboxylic acids is 1. The number of hydrogen-bond donors (Lipinski definition) is 5. The maximum atomic E-state index is 12.8. The number of rotatable bonds is 8. The molecule has 12 nitrogen and oxygen atoms in total. The van der Waals surface area contributed by atoms with Crippen LogP contribution in [0.4, 0.5) is 28.4 Å². The molecule has 1 amide bonds. The molecule has 0 spiro atoms. The van der Waals surface area contributed by atoms with E-state index in [4.69, 9.17) is 9.11 Å². The second kappa shape index (κ2) is 18.7. The van der Waals surface area contributed by atoms with Gasteiger partial charge in [-0.15, -0.1) is 0 Å². The van der Waals surface area contributed by atoms with E-state index in [2.05, 4.69) is 65.0 Å². The minimum absolute atomic E-state index is 0.0666. The zero-order valence-corrected chi connectivity index (χ0v) is 34.2. The highest BCUT2D eigenvalue weighted by atomic mass is 32.2. The molecule has 7 aromatic rings. The molecular weight excluding hydrogens is 775 g/mol. The molecule has 14 heteroatoms. The normalized spacial score (nSPS) is 11.0. The lowest BCUT2D eigenvalue weighted by molar-refractivity contribution is -0.671. The molecule has 0 aliphatic carbocycles. The second-order valence-electron chi connectivity index (χ2n) is 13.5. The molecule has 5 N–H and O–H groups in total. The molecule has 0 radical (unpaired) electrons. The Labute approximate surface area is 339 Å². The van der Waals surface area contributed by atoms with E-state index in [1.807, 2.05) is 98.5 Å². The third kappa shape index (κ3) is 12.0. The number of pyridine rings is 2. The summed E-state index contributed by atoms with van der Waals surface area (Å²) in [5.74, 6) is -0.148. The monoisotopic (exact) mass is 819 g/mol. The number of nitrogens with one attached hydrogen (secondary N) is 3. The first kappa shape index (κ1) is 42.7. The largest absolute Gasteiger partial charge is 0.355 e. The summed E-state index contributed by atoms with van der Waals surface area (Å²) in [4.78, 5) is 12.7. The smallest absolute Gasteiger partial charge is 0.294 e. The highest BCUT2D eigenvalue weighted by Gasteiger charge is 2.13. The predicted octanol–water partition coefficient (Wildman–Crippen LogP) is 8.02. The average Bonchev–Trinajstić information content (AvgIpc) is 3.18. The van der Waals surface area contributed by atoms with Gasteiger partial charge >= 0.3 is 0 Å². The highest BCUT2D eigenvalue weighted by molar-refractivity contribution is 7.86. The maximum absolute atomic E-state index is 12.8. The van der Waals surface area contributed by atoms with Crippen molar-refractivity contribution >= 4 is 65.5 Å². The van der Waals surface area contributed by atoms with Gasteiger partial charge in [-0.1, -0.05) is 47.5 Å². The summed E-state index contributed by atoms with van der Waals surface area (Å²) in [7, 11) is -4.00. The van der Waals surface area contributed by atoms with Gasteiger partial charge in [-0.3, -0.25) is 13.9 Å². The number of amides is 1. The number of anilines is 5. The van der Waals surface area contributed by atoms with Crippen LogP contribution < -0.4 is 25.1 Å². The van der Waals surface area contributed by atoms with Crippen LogP contribution in [0.5, 0.6) is 0 Å². The van der Waals surface area contributed by atoms with E-state index >= 15 is 0 Å². The van der Waals surface area contributed by atoms with Crippen molar-refractivity contribution in [1.82, 2.24) is 0 Å². The fourth-order valence-electron chi connectivity index (χ4n) is 5.68. The first-order chi connectivity index (χ1) is 27.5. The number of aryl methyl sites for hydroxylation is 5. The van der Waals surface area contributed by atoms with Gasteiger partial charge in [0.1, 0.15) is 14.1 Å². The Hall–Kier alpha value is -6.45. The Morgan fingerprint density at radius 3 is 1.52 bits per heavy atom. The lowest BCUT2D eigenvalue weighted by Crippen LogP contribution is -2.29. The van der Waals surface area contributed by atoms with E-state index in [9.17, 15) is 21.6 Å². The summed E-state index contributed by atoms with van der Waals surface area (Å²) in [5.41, 5.74) is 9.58. The fraction of sp³-hybridized carbons (Fsp3) is 0.114. The molecule has 2 aromatic heterocycles. The number of aromatic nitrogens is 2. The number of fused-ring (bicyclic) bond motifs is 1. The molecule has 298 valence electrons. The van der Waals surface area contributed by atoms with E-state index < -0.39 is 20.2 Å². The van der Waals surface area contributed by atoms with Gasteiger partial charge in [-0.05, 0) is 99.6 Å². The van der Waals surface area contributed by atoms with Crippen molar-refractivity contribution in [3.63, 3.8) is 0 Å². The Kier molecular flexibility index (Phi) is 13.7. The van der Waals surface area contributed by atoms with Gasteiger partial charge in [0.15, 0.2) is 18.6 Å². The molecule has 7 rings (SSSR count). The van der Waals surface area contributed by atoms with Gasteiger partial charge in [0.05, 0.1) is 26.6 Å². The van der Waals surface area contributed by atoms with Gasteiger partial charge in [-0.25, -0.2) is 9.13 Å². The van der Waals surface area contributed by atoms with E-state index in [0.29, 0.717) is 5.56 Å². The number of nitrogens with zero attached hydrogens (tertiary/aromatic N) is 2. The zero-order chi connectivity index (χ0) is 42.0. The Morgan fingerprint density at radius 2 is 1.00 bits per heavy atom. The third-order valence-corrected chi connectivity index (χ3v) is 10.6. The number of benzene rings is 5. The first-order valence-electron chi connectivity index (χ1n) is 17.9. The molecule has 0 unspecified atom stereocenters. The van der Waals surface area contributed by atoms with Crippen molar-refractivity contribution < 1.29 is 39.9 Å². The predicted molar refractivity (Wildman–Crippen MR) is 227 cm³/mol. The summed E-state index contributed by atoms with van der Waals surface area (Å²) in [6.07, 6.45) is 6.03. The molecule has 0 saturated carbocycles. The molecule has 0 atom stereocenters. The van der Waals surface area contributed by atoms with Gasteiger partial charge in [-0.2, -0.15) is 16.8 Å². The minimum atomic E-state index is -4.02. The van der Waals surface area contributed by atoms with E-state index in [1.165, 1.54) is 35.3 Å². The van der Waals surface area contributed by atoms with Gasteiger partial charge in [0.2, 0.25) is 5.52 Å². The first-order valence-corrected chi connectivity index (χ1v) is 20.8. The van der Waals surface area contributed by atoms with E-state index in [-0.39, 0.29) is 15.7 Å². The van der Waals surface area contributed by atoms with E-state index in [0.717, 1.165) is 45.0 Å². The highest BCUT2D eigenvalue weighted by Crippen LogP contribution is 2.26. The van der Waals surface area contributed by atoms with Crippen LogP contribution in [0, 0.1) is 20.8 Å². The van der Waals surface area contributed by atoms with Crippen LogP contribution in [0.3, 0.4) is 0 Å². The molecule has 58 heavy (non-hydrogen) atoms. The summed E-state index contributed by atoms with van der Waals surface area (Å²) in [6.45, 7) is 5.80. The summed E-state index contributed by atoms with van der Waals surface area (Å²) < 4.78 is 63.2. The summed E-state index contributed by atoms with van der Waals surface area (Å²) >= 11 is 0. The zero-order valence-electron chi connectivity index (χ0n) is 32.6. The molecule has 2 heterocycles. The summed E-state index contributed by atoms with van der Waals surface area (Å²) in [5, 5.41) is 11.0. The van der Waals surface area contributed by atoms with Crippen LogP contribution in [0.1, 0.15) is 27.0 Å². The Bertz CT molecular complexity index is 2640.